The van der Waals surface area contributed by atoms with Crippen LogP contribution in [0.15, 0.2) is 18.2 Å². The van der Waals surface area contributed by atoms with Gasteiger partial charge < -0.3 is 15.2 Å². The zero-order chi connectivity index (χ0) is 16.5. The normalized spacial score (nSPS) is 26.5. The Hall–Kier alpha value is -1.60. The van der Waals surface area contributed by atoms with Crippen molar-refractivity contribution in [2.45, 2.75) is 38.1 Å². The standard InChI is InChI=1S/C13H17NO.C2HF3O2/c1-9-4-3-5-10-11(9)7-15-13(2)8-14-6-12(10)13;3-2(4,5)1(6)7/h3-5,12,14H,6-8H2,1-2H3;(H,6,7). The maximum atomic E-state index is 10.6. The lowest BCUT2D eigenvalue weighted by Gasteiger charge is -2.37. The number of nitrogens with one attached hydrogen (secondary N) is 1. The zero-order valence-electron chi connectivity index (χ0n) is 12.3. The van der Waals surface area contributed by atoms with E-state index in [4.69, 9.17) is 14.6 Å². The molecule has 1 aromatic rings. The van der Waals surface area contributed by atoms with Crippen LogP contribution in [0, 0.1) is 6.92 Å². The van der Waals surface area contributed by atoms with Gasteiger partial charge in [-0.3, -0.25) is 0 Å². The number of halogens is 3. The molecule has 22 heavy (non-hydrogen) atoms. The second-order valence-corrected chi connectivity index (χ2v) is 5.73. The highest BCUT2D eigenvalue weighted by molar-refractivity contribution is 5.73. The van der Waals surface area contributed by atoms with E-state index < -0.39 is 12.1 Å². The van der Waals surface area contributed by atoms with Crippen molar-refractivity contribution in [3.05, 3.63) is 34.9 Å². The van der Waals surface area contributed by atoms with Crippen LogP contribution in [0.3, 0.4) is 0 Å². The van der Waals surface area contributed by atoms with Gasteiger partial charge in [0.25, 0.3) is 0 Å². The Labute approximate surface area is 126 Å². The maximum Gasteiger partial charge on any atom is 0.490 e. The molecule has 2 unspecified atom stereocenters. The fraction of sp³-hybridized carbons (Fsp3) is 0.533. The van der Waals surface area contributed by atoms with Gasteiger partial charge in [-0.05, 0) is 30.5 Å². The number of benzene rings is 1. The Morgan fingerprint density at radius 1 is 1.45 bits per heavy atom. The monoisotopic (exact) mass is 317 g/mol. The van der Waals surface area contributed by atoms with E-state index >= 15 is 0 Å². The van der Waals surface area contributed by atoms with E-state index in [0.717, 1.165) is 19.7 Å². The molecule has 2 N–H and O–H groups in total. The van der Waals surface area contributed by atoms with E-state index in [-0.39, 0.29) is 5.60 Å². The molecule has 0 spiro atoms. The van der Waals surface area contributed by atoms with Gasteiger partial charge in [-0.1, -0.05) is 18.2 Å². The molecule has 2 aliphatic rings. The van der Waals surface area contributed by atoms with Crippen LogP contribution >= 0.6 is 0 Å². The lowest BCUT2D eigenvalue weighted by Crippen LogP contribution is -2.39. The predicted molar refractivity (Wildman–Crippen MR) is 73.7 cm³/mol. The lowest BCUT2D eigenvalue weighted by molar-refractivity contribution is -0.192. The first kappa shape index (κ1) is 16.8. The van der Waals surface area contributed by atoms with Crippen LogP contribution < -0.4 is 5.32 Å². The van der Waals surface area contributed by atoms with Crippen LogP contribution in [-0.2, 0) is 16.1 Å². The molecule has 3 rings (SSSR count). The molecular formula is C15H18F3NO3. The number of fused-ring (bicyclic) bond motifs is 3. The molecule has 1 fully saturated rings. The van der Waals surface area contributed by atoms with Crippen molar-refractivity contribution in [2.75, 3.05) is 13.1 Å². The molecule has 2 aliphatic heterocycles. The van der Waals surface area contributed by atoms with Crippen LogP contribution in [0.4, 0.5) is 13.2 Å². The second kappa shape index (κ2) is 5.89. The van der Waals surface area contributed by atoms with Crippen LogP contribution in [0.25, 0.3) is 0 Å². The van der Waals surface area contributed by atoms with E-state index in [1.54, 1.807) is 0 Å². The summed E-state index contributed by atoms with van der Waals surface area (Å²) in [7, 11) is 0. The number of ether oxygens (including phenoxy) is 1. The minimum atomic E-state index is -5.08. The molecule has 1 aromatic carbocycles. The Morgan fingerprint density at radius 3 is 2.68 bits per heavy atom. The summed E-state index contributed by atoms with van der Waals surface area (Å²) in [6.07, 6.45) is -5.08. The number of aryl methyl sites for hydroxylation is 1. The molecule has 0 bridgehead atoms. The van der Waals surface area contributed by atoms with Gasteiger partial charge in [0.05, 0.1) is 12.2 Å². The first-order valence-corrected chi connectivity index (χ1v) is 6.88. The molecule has 7 heteroatoms. The third kappa shape index (κ3) is 3.25. The van der Waals surface area contributed by atoms with Crippen molar-refractivity contribution < 1.29 is 27.8 Å². The summed E-state index contributed by atoms with van der Waals surface area (Å²) in [5.41, 5.74) is 4.28. The van der Waals surface area contributed by atoms with E-state index in [2.05, 4.69) is 37.4 Å². The summed E-state index contributed by atoms with van der Waals surface area (Å²) in [5, 5.41) is 10.6. The number of carbonyl (C=O) groups is 1. The van der Waals surface area contributed by atoms with Gasteiger partial charge in [0.1, 0.15) is 0 Å². The highest BCUT2D eigenvalue weighted by Crippen LogP contribution is 2.41. The Kier molecular flexibility index (Phi) is 4.49. The third-order valence-electron chi connectivity index (χ3n) is 4.17. The Morgan fingerprint density at radius 2 is 2.09 bits per heavy atom. The molecule has 2 atom stereocenters. The lowest BCUT2D eigenvalue weighted by atomic mass is 9.80. The molecule has 0 amide bonds. The molecule has 0 radical (unpaired) electrons. The summed E-state index contributed by atoms with van der Waals surface area (Å²) in [6.45, 7) is 7.20. The Bertz CT molecular complexity index is 574. The van der Waals surface area contributed by atoms with Gasteiger partial charge in [-0.15, -0.1) is 0 Å². The average Bonchev–Trinajstić information content (AvgIpc) is 2.81. The molecule has 0 aromatic heterocycles. The summed E-state index contributed by atoms with van der Waals surface area (Å²) >= 11 is 0. The number of aliphatic carboxylic acids is 1. The van der Waals surface area contributed by atoms with Crippen molar-refractivity contribution in [2.24, 2.45) is 0 Å². The SMILES string of the molecule is Cc1cccc2c1COC1(C)CNCC21.O=C(O)C(F)(F)F. The highest BCUT2D eigenvalue weighted by atomic mass is 19.4. The van der Waals surface area contributed by atoms with E-state index in [1.807, 2.05) is 0 Å². The zero-order valence-corrected chi connectivity index (χ0v) is 12.3. The molecule has 1 saturated heterocycles. The highest BCUT2D eigenvalue weighted by Gasteiger charge is 2.44. The molecular weight excluding hydrogens is 299 g/mol. The maximum absolute atomic E-state index is 10.6. The van der Waals surface area contributed by atoms with Crippen molar-refractivity contribution in [1.29, 1.82) is 0 Å². The smallest absolute Gasteiger partial charge is 0.475 e. The van der Waals surface area contributed by atoms with Crippen LogP contribution in [0.1, 0.15) is 29.5 Å². The fourth-order valence-electron chi connectivity index (χ4n) is 2.88. The fourth-order valence-corrected chi connectivity index (χ4v) is 2.88. The second-order valence-electron chi connectivity index (χ2n) is 5.73. The predicted octanol–water partition coefficient (Wildman–Crippen LogP) is 2.60. The molecule has 4 nitrogen and oxygen atoms in total. The summed E-state index contributed by atoms with van der Waals surface area (Å²) in [6, 6.07) is 6.60. The van der Waals surface area contributed by atoms with Crippen LogP contribution in [0.2, 0.25) is 0 Å². The van der Waals surface area contributed by atoms with Crippen molar-refractivity contribution in [3.63, 3.8) is 0 Å². The van der Waals surface area contributed by atoms with Crippen LogP contribution in [-0.4, -0.2) is 35.9 Å². The molecule has 2 heterocycles. The number of hydrogen-bond acceptors (Lipinski definition) is 3. The van der Waals surface area contributed by atoms with E-state index in [9.17, 15) is 13.2 Å². The summed E-state index contributed by atoms with van der Waals surface area (Å²) in [4.78, 5) is 8.90. The minimum Gasteiger partial charge on any atom is -0.475 e. The van der Waals surface area contributed by atoms with Crippen molar-refractivity contribution in [3.8, 4) is 0 Å². The van der Waals surface area contributed by atoms with E-state index in [1.165, 1.54) is 16.7 Å². The minimum absolute atomic E-state index is 0.0147. The summed E-state index contributed by atoms with van der Waals surface area (Å²) < 4.78 is 37.8. The first-order valence-electron chi connectivity index (χ1n) is 6.88. The van der Waals surface area contributed by atoms with E-state index in [0.29, 0.717) is 5.92 Å². The number of alkyl halides is 3. The number of hydrogen-bond donors (Lipinski definition) is 2. The number of rotatable bonds is 0. The van der Waals surface area contributed by atoms with Crippen LogP contribution in [0.5, 0.6) is 0 Å². The molecule has 0 saturated carbocycles. The quantitative estimate of drug-likeness (QED) is 0.772. The van der Waals surface area contributed by atoms with Gasteiger partial charge in [0.15, 0.2) is 0 Å². The largest absolute Gasteiger partial charge is 0.490 e. The van der Waals surface area contributed by atoms with Gasteiger partial charge in [0.2, 0.25) is 0 Å². The third-order valence-corrected chi connectivity index (χ3v) is 4.17. The average molecular weight is 317 g/mol. The van der Waals surface area contributed by atoms with Crippen molar-refractivity contribution >= 4 is 5.97 Å². The molecule has 0 aliphatic carbocycles. The summed E-state index contributed by atoms with van der Waals surface area (Å²) in [5.74, 6) is -2.23. The Balaban J connectivity index is 0.000000217. The topological polar surface area (TPSA) is 58.6 Å². The van der Waals surface area contributed by atoms with Gasteiger partial charge >= 0.3 is 12.1 Å². The van der Waals surface area contributed by atoms with Gasteiger partial charge in [0, 0.05) is 19.0 Å². The van der Waals surface area contributed by atoms with Gasteiger partial charge in [-0.25, -0.2) is 4.79 Å². The van der Waals surface area contributed by atoms with Crippen molar-refractivity contribution in [1.82, 2.24) is 5.32 Å². The van der Waals surface area contributed by atoms with Gasteiger partial charge in [-0.2, -0.15) is 13.2 Å². The first-order chi connectivity index (χ1) is 10.1. The molecule has 122 valence electrons. The number of carboxylic acid groups (broad SMARTS) is 1. The number of carboxylic acids is 1.